The van der Waals surface area contributed by atoms with Gasteiger partial charge in [0.1, 0.15) is 0 Å². The van der Waals surface area contributed by atoms with E-state index in [9.17, 15) is 9.59 Å². The van der Waals surface area contributed by atoms with E-state index in [-0.39, 0.29) is 17.8 Å². The van der Waals surface area contributed by atoms with E-state index in [1.165, 1.54) is 7.11 Å². The summed E-state index contributed by atoms with van der Waals surface area (Å²) in [4.78, 5) is 25.4. The first-order valence-corrected chi connectivity index (χ1v) is 6.62. The summed E-state index contributed by atoms with van der Waals surface area (Å²) in [6.45, 7) is 1.17. The summed E-state index contributed by atoms with van der Waals surface area (Å²) in [5.41, 5.74) is 0.626. The summed E-state index contributed by atoms with van der Waals surface area (Å²) in [6.07, 6.45) is 1.32. The largest absolute Gasteiger partial charge is 0.469 e. The van der Waals surface area contributed by atoms with Crippen LogP contribution in [-0.4, -0.2) is 37.0 Å². The molecule has 1 aromatic rings. The lowest BCUT2D eigenvalue weighted by atomic mass is 9.96. The Kier molecular flexibility index (Phi) is 4.43. The van der Waals surface area contributed by atoms with E-state index in [2.05, 4.69) is 0 Å². The topological polar surface area (TPSA) is 46.6 Å². The van der Waals surface area contributed by atoms with Crippen LogP contribution in [0.5, 0.6) is 0 Å². The van der Waals surface area contributed by atoms with Crippen LogP contribution in [0, 0.1) is 5.92 Å². The second-order valence-corrected chi connectivity index (χ2v) is 5.03. The molecule has 102 valence electrons. The molecular formula is C14H16ClNO3. The first-order chi connectivity index (χ1) is 9.11. The van der Waals surface area contributed by atoms with Gasteiger partial charge in [-0.1, -0.05) is 11.6 Å². The molecule has 1 aromatic carbocycles. The maximum absolute atomic E-state index is 12.2. The van der Waals surface area contributed by atoms with Gasteiger partial charge in [0.05, 0.1) is 13.0 Å². The fraction of sp³-hybridized carbons (Fsp3) is 0.429. The highest BCUT2D eigenvalue weighted by Gasteiger charge is 2.28. The van der Waals surface area contributed by atoms with Crippen molar-refractivity contribution in [3.8, 4) is 0 Å². The Bertz CT molecular complexity index is 464. The van der Waals surface area contributed by atoms with E-state index in [0.29, 0.717) is 36.5 Å². The van der Waals surface area contributed by atoms with Crippen molar-refractivity contribution in [3.63, 3.8) is 0 Å². The Labute approximate surface area is 117 Å². The minimum Gasteiger partial charge on any atom is -0.469 e. The Morgan fingerprint density at radius 1 is 1.21 bits per heavy atom. The van der Waals surface area contributed by atoms with Crippen LogP contribution >= 0.6 is 11.6 Å². The number of hydrogen-bond acceptors (Lipinski definition) is 3. The highest BCUT2D eigenvalue weighted by molar-refractivity contribution is 6.30. The van der Waals surface area contributed by atoms with Gasteiger partial charge in [0.2, 0.25) is 0 Å². The molecule has 1 saturated heterocycles. The van der Waals surface area contributed by atoms with E-state index in [1.807, 2.05) is 0 Å². The third-order valence-corrected chi connectivity index (χ3v) is 3.66. The van der Waals surface area contributed by atoms with Gasteiger partial charge in [-0.05, 0) is 37.1 Å². The van der Waals surface area contributed by atoms with Gasteiger partial charge in [0, 0.05) is 23.7 Å². The van der Waals surface area contributed by atoms with Gasteiger partial charge >= 0.3 is 5.97 Å². The Morgan fingerprint density at radius 2 is 1.79 bits per heavy atom. The van der Waals surface area contributed by atoms with Crippen molar-refractivity contribution in [3.05, 3.63) is 34.9 Å². The molecule has 5 heteroatoms. The number of nitrogens with zero attached hydrogens (tertiary/aromatic N) is 1. The van der Waals surface area contributed by atoms with Crippen molar-refractivity contribution in [2.24, 2.45) is 5.92 Å². The van der Waals surface area contributed by atoms with Gasteiger partial charge < -0.3 is 9.64 Å². The molecule has 0 aromatic heterocycles. The fourth-order valence-corrected chi connectivity index (χ4v) is 2.39. The van der Waals surface area contributed by atoms with Crippen molar-refractivity contribution < 1.29 is 14.3 Å². The summed E-state index contributed by atoms with van der Waals surface area (Å²) in [5, 5.41) is 0.612. The number of ether oxygens (including phenoxy) is 1. The Morgan fingerprint density at radius 3 is 2.32 bits per heavy atom. The molecule has 19 heavy (non-hydrogen) atoms. The van der Waals surface area contributed by atoms with Crippen LogP contribution in [0.3, 0.4) is 0 Å². The van der Waals surface area contributed by atoms with Crippen LogP contribution in [0.1, 0.15) is 23.2 Å². The van der Waals surface area contributed by atoms with Crippen molar-refractivity contribution in [2.75, 3.05) is 20.2 Å². The average molecular weight is 282 g/mol. The SMILES string of the molecule is COC(=O)C1CCN(C(=O)c2ccc(Cl)cc2)CC1. The highest BCUT2D eigenvalue weighted by atomic mass is 35.5. The number of carbonyl (C=O) groups excluding carboxylic acids is 2. The van der Waals surface area contributed by atoms with Crippen LogP contribution in [0.15, 0.2) is 24.3 Å². The quantitative estimate of drug-likeness (QED) is 0.782. The minimum absolute atomic E-state index is 0.0139. The fourth-order valence-electron chi connectivity index (χ4n) is 2.26. The summed E-state index contributed by atoms with van der Waals surface area (Å²) in [6, 6.07) is 6.85. The van der Waals surface area contributed by atoms with Crippen LogP contribution < -0.4 is 0 Å². The molecular weight excluding hydrogens is 266 g/mol. The molecule has 0 aliphatic carbocycles. The lowest BCUT2D eigenvalue weighted by Crippen LogP contribution is -2.40. The van der Waals surface area contributed by atoms with E-state index in [1.54, 1.807) is 29.2 Å². The van der Waals surface area contributed by atoms with Crippen molar-refractivity contribution in [2.45, 2.75) is 12.8 Å². The zero-order chi connectivity index (χ0) is 13.8. The third-order valence-electron chi connectivity index (χ3n) is 3.41. The molecule has 0 saturated carbocycles. The number of likely N-dealkylation sites (tertiary alicyclic amines) is 1. The van der Waals surface area contributed by atoms with E-state index < -0.39 is 0 Å². The zero-order valence-corrected chi connectivity index (χ0v) is 11.5. The summed E-state index contributed by atoms with van der Waals surface area (Å²) >= 11 is 5.80. The van der Waals surface area contributed by atoms with Crippen LogP contribution in [0.25, 0.3) is 0 Å². The number of rotatable bonds is 2. The molecule has 0 atom stereocenters. The lowest BCUT2D eigenvalue weighted by molar-refractivity contribution is -0.146. The number of hydrogen-bond donors (Lipinski definition) is 0. The van der Waals surface area contributed by atoms with Crippen LogP contribution in [0.4, 0.5) is 0 Å². The summed E-state index contributed by atoms with van der Waals surface area (Å²) in [5.74, 6) is -0.280. The summed E-state index contributed by atoms with van der Waals surface area (Å²) < 4.78 is 4.73. The maximum atomic E-state index is 12.2. The molecule has 0 spiro atoms. The Balaban J connectivity index is 1.96. The summed E-state index contributed by atoms with van der Waals surface area (Å²) in [7, 11) is 1.40. The molecule has 2 rings (SSSR count). The molecule has 1 fully saturated rings. The van der Waals surface area contributed by atoms with Crippen molar-refractivity contribution in [1.82, 2.24) is 4.90 Å². The minimum atomic E-state index is -0.182. The average Bonchev–Trinajstić information content (AvgIpc) is 2.46. The van der Waals surface area contributed by atoms with Crippen molar-refractivity contribution >= 4 is 23.5 Å². The molecule has 0 unspecified atom stereocenters. The third kappa shape index (κ3) is 3.26. The number of esters is 1. The molecule has 1 aliphatic heterocycles. The number of piperidine rings is 1. The first kappa shape index (κ1) is 13.9. The normalized spacial score (nSPS) is 16.2. The predicted molar refractivity (Wildman–Crippen MR) is 72.1 cm³/mol. The number of amides is 1. The number of methoxy groups -OCH3 is 1. The Hall–Kier alpha value is -1.55. The smallest absolute Gasteiger partial charge is 0.308 e. The molecule has 0 radical (unpaired) electrons. The predicted octanol–water partition coefficient (Wildman–Crippen LogP) is 2.37. The second kappa shape index (κ2) is 6.06. The van der Waals surface area contributed by atoms with Crippen LogP contribution in [-0.2, 0) is 9.53 Å². The van der Waals surface area contributed by atoms with E-state index in [0.717, 1.165) is 0 Å². The zero-order valence-electron chi connectivity index (χ0n) is 10.8. The van der Waals surface area contributed by atoms with Gasteiger partial charge in [-0.2, -0.15) is 0 Å². The van der Waals surface area contributed by atoms with E-state index >= 15 is 0 Å². The molecule has 1 heterocycles. The maximum Gasteiger partial charge on any atom is 0.308 e. The highest BCUT2D eigenvalue weighted by Crippen LogP contribution is 2.20. The second-order valence-electron chi connectivity index (χ2n) is 4.60. The molecule has 4 nitrogen and oxygen atoms in total. The number of halogens is 1. The monoisotopic (exact) mass is 281 g/mol. The van der Waals surface area contributed by atoms with Gasteiger partial charge in [0.15, 0.2) is 0 Å². The molecule has 0 bridgehead atoms. The van der Waals surface area contributed by atoms with Crippen molar-refractivity contribution in [1.29, 1.82) is 0 Å². The van der Waals surface area contributed by atoms with E-state index in [4.69, 9.17) is 16.3 Å². The molecule has 0 N–H and O–H groups in total. The standard InChI is InChI=1S/C14H16ClNO3/c1-19-14(18)11-6-8-16(9-7-11)13(17)10-2-4-12(15)5-3-10/h2-5,11H,6-9H2,1H3. The van der Waals surface area contributed by atoms with Gasteiger partial charge in [-0.25, -0.2) is 0 Å². The van der Waals surface area contributed by atoms with Crippen LogP contribution in [0.2, 0.25) is 5.02 Å². The lowest BCUT2D eigenvalue weighted by Gasteiger charge is -2.30. The number of carbonyl (C=O) groups is 2. The first-order valence-electron chi connectivity index (χ1n) is 6.24. The van der Waals surface area contributed by atoms with Gasteiger partial charge in [-0.15, -0.1) is 0 Å². The van der Waals surface area contributed by atoms with Gasteiger partial charge in [0.25, 0.3) is 5.91 Å². The molecule has 1 aliphatic rings. The van der Waals surface area contributed by atoms with Gasteiger partial charge in [-0.3, -0.25) is 9.59 Å². The molecule has 1 amide bonds. The number of benzene rings is 1.